The Hall–Kier alpha value is -2.03. The second-order valence-corrected chi connectivity index (χ2v) is 19.6. The Balaban J connectivity index is 4.27. The number of unbranched alkanes of at least 4 members (excludes halogenated alkanes) is 24. The molecule has 0 aromatic heterocycles. The van der Waals surface area contributed by atoms with Crippen LogP contribution in [0.3, 0.4) is 0 Å². The topological polar surface area (TPSA) is 111 Å². The molecule has 0 N–H and O–H groups in total. The maximum Gasteiger partial charge on any atom is 0.306 e. The van der Waals surface area contributed by atoms with E-state index in [-0.39, 0.29) is 26.1 Å². The lowest BCUT2D eigenvalue weighted by atomic mass is 10.0. The number of nitrogens with zero attached hydrogens (tertiary/aromatic N) is 1. The lowest BCUT2D eigenvalue weighted by Gasteiger charge is -2.28. The van der Waals surface area contributed by atoms with E-state index in [0.717, 1.165) is 70.6 Å². The molecule has 1 unspecified atom stereocenters. The number of hydrogen-bond acceptors (Lipinski definition) is 8. The van der Waals surface area contributed by atoms with Crippen LogP contribution >= 0.6 is 7.82 Å². The average molecular weight is 894 g/mol. The van der Waals surface area contributed by atoms with Crippen molar-refractivity contribution in [3.8, 4) is 0 Å². The van der Waals surface area contributed by atoms with Crippen molar-refractivity contribution in [3.63, 3.8) is 0 Å². The van der Waals surface area contributed by atoms with Gasteiger partial charge in [0.05, 0.1) is 27.7 Å². The third-order valence-electron chi connectivity index (χ3n) is 10.9. The van der Waals surface area contributed by atoms with Gasteiger partial charge in [0.2, 0.25) is 0 Å². The van der Waals surface area contributed by atoms with Crippen LogP contribution in [0.25, 0.3) is 0 Å². The molecular formula is C52H96NO8P. The van der Waals surface area contributed by atoms with Gasteiger partial charge in [-0.15, -0.1) is 0 Å². The van der Waals surface area contributed by atoms with Crippen molar-refractivity contribution in [1.82, 2.24) is 0 Å². The van der Waals surface area contributed by atoms with E-state index in [0.29, 0.717) is 23.9 Å². The van der Waals surface area contributed by atoms with Crippen LogP contribution in [-0.2, 0) is 32.7 Å². The first-order valence-electron chi connectivity index (χ1n) is 25.3. The molecular weight excluding hydrogens is 798 g/mol. The van der Waals surface area contributed by atoms with Gasteiger partial charge in [0.25, 0.3) is 7.82 Å². The number of ether oxygens (including phenoxy) is 2. The number of esters is 2. The summed E-state index contributed by atoms with van der Waals surface area (Å²) in [5.41, 5.74) is 0. The number of likely N-dealkylation sites (N-methyl/N-ethyl adjacent to an activating group) is 1. The standard InChI is InChI=1S/C52H96NO8P/c1-6-8-10-12-14-16-18-20-22-24-25-26-27-29-31-33-35-37-39-41-43-45-52(55)61-50(49-60-62(56,57)59-47-46-53(3,4)5)48-58-51(54)44-42-40-38-36-34-32-30-28-23-21-19-17-15-13-11-9-7-2/h9,11,15,17,21,23,30,32,50H,6-8,10,12-14,16,18-20,22,24-29,31,33-49H2,1-5H3/b11-9-,17-15-,23-21-,32-30-/t50-/m1/s1. The van der Waals surface area contributed by atoms with E-state index in [2.05, 4.69) is 62.5 Å². The van der Waals surface area contributed by atoms with Crippen LogP contribution < -0.4 is 4.89 Å². The molecule has 0 spiro atoms. The van der Waals surface area contributed by atoms with Crippen molar-refractivity contribution < 1.29 is 42.1 Å². The first-order valence-corrected chi connectivity index (χ1v) is 26.8. The average Bonchev–Trinajstić information content (AvgIpc) is 3.23. The molecule has 0 saturated heterocycles. The van der Waals surface area contributed by atoms with Crippen molar-refractivity contribution in [2.45, 2.75) is 225 Å². The molecule has 0 heterocycles. The van der Waals surface area contributed by atoms with Gasteiger partial charge in [0.1, 0.15) is 19.8 Å². The van der Waals surface area contributed by atoms with E-state index in [1.165, 1.54) is 109 Å². The Kier molecular flexibility index (Phi) is 42.7. The lowest BCUT2D eigenvalue weighted by Crippen LogP contribution is -2.37. The number of allylic oxidation sites excluding steroid dienone is 8. The van der Waals surface area contributed by atoms with E-state index in [4.69, 9.17) is 18.5 Å². The Morgan fingerprint density at radius 3 is 1.37 bits per heavy atom. The van der Waals surface area contributed by atoms with Crippen LogP contribution in [-0.4, -0.2) is 70.0 Å². The van der Waals surface area contributed by atoms with Gasteiger partial charge in [-0.2, -0.15) is 0 Å². The molecule has 0 aliphatic heterocycles. The van der Waals surface area contributed by atoms with Crippen molar-refractivity contribution >= 4 is 19.8 Å². The number of carbonyl (C=O) groups excluding carboxylic acids is 2. The number of rotatable bonds is 46. The molecule has 0 bridgehead atoms. The van der Waals surface area contributed by atoms with Gasteiger partial charge < -0.3 is 27.9 Å². The molecule has 0 aliphatic rings. The highest BCUT2D eigenvalue weighted by Crippen LogP contribution is 2.38. The third-order valence-corrected chi connectivity index (χ3v) is 11.8. The summed E-state index contributed by atoms with van der Waals surface area (Å²) in [6.45, 7) is 4.11. The van der Waals surface area contributed by atoms with Crippen molar-refractivity contribution in [1.29, 1.82) is 0 Å². The summed E-state index contributed by atoms with van der Waals surface area (Å²) in [5, 5.41) is 0. The molecule has 0 rings (SSSR count). The Bertz CT molecular complexity index is 1190. The second kappa shape index (κ2) is 44.2. The zero-order valence-corrected chi connectivity index (χ0v) is 41.7. The summed E-state index contributed by atoms with van der Waals surface area (Å²) in [6.07, 6.45) is 52.9. The normalized spacial score (nSPS) is 13.8. The molecule has 0 aromatic rings. The van der Waals surface area contributed by atoms with Gasteiger partial charge in [-0.1, -0.05) is 204 Å². The van der Waals surface area contributed by atoms with Crippen molar-refractivity contribution in [2.24, 2.45) is 0 Å². The van der Waals surface area contributed by atoms with Gasteiger partial charge in [-0.25, -0.2) is 0 Å². The predicted molar refractivity (Wildman–Crippen MR) is 259 cm³/mol. The first-order chi connectivity index (χ1) is 30.0. The highest BCUT2D eigenvalue weighted by molar-refractivity contribution is 7.45. The van der Waals surface area contributed by atoms with Crippen LogP contribution in [0.1, 0.15) is 219 Å². The van der Waals surface area contributed by atoms with E-state index < -0.39 is 32.5 Å². The SMILES string of the molecule is CC/C=C\C/C=C\C/C=C\C/C=C\CCCCCCC(=O)OC[C@H](COP(=O)([O-])OCC[N+](C)(C)C)OC(=O)CCCCCCCCCCCCCCCCCCCCCCC. The summed E-state index contributed by atoms with van der Waals surface area (Å²) in [7, 11) is 1.15. The number of quaternary nitrogens is 1. The fraction of sp³-hybridized carbons (Fsp3) is 0.808. The van der Waals surface area contributed by atoms with E-state index in [9.17, 15) is 19.0 Å². The smallest absolute Gasteiger partial charge is 0.306 e. The van der Waals surface area contributed by atoms with Crippen LogP contribution in [0.4, 0.5) is 0 Å². The molecule has 2 atom stereocenters. The zero-order chi connectivity index (χ0) is 45.7. The van der Waals surface area contributed by atoms with Crippen LogP contribution in [0.5, 0.6) is 0 Å². The number of phosphoric ester groups is 1. The Morgan fingerprint density at radius 2 is 0.919 bits per heavy atom. The Morgan fingerprint density at radius 1 is 0.516 bits per heavy atom. The molecule has 9 nitrogen and oxygen atoms in total. The third kappa shape index (κ3) is 47.4. The number of hydrogen-bond donors (Lipinski definition) is 0. The monoisotopic (exact) mass is 894 g/mol. The first kappa shape index (κ1) is 60.0. The van der Waals surface area contributed by atoms with Gasteiger partial charge >= 0.3 is 11.9 Å². The summed E-state index contributed by atoms with van der Waals surface area (Å²) >= 11 is 0. The van der Waals surface area contributed by atoms with E-state index in [1.807, 2.05) is 21.1 Å². The van der Waals surface area contributed by atoms with Gasteiger partial charge in [-0.05, 0) is 51.4 Å². The van der Waals surface area contributed by atoms with Crippen molar-refractivity contribution in [2.75, 3.05) is 47.5 Å². The van der Waals surface area contributed by atoms with Gasteiger partial charge in [0, 0.05) is 12.8 Å². The summed E-state index contributed by atoms with van der Waals surface area (Å²) in [4.78, 5) is 37.7. The van der Waals surface area contributed by atoms with Crippen LogP contribution in [0.15, 0.2) is 48.6 Å². The largest absolute Gasteiger partial charge is 0.756 e. The maximum atomic E-state index is 12.7. The summed E-state index contributed by atoms with van der Waals surface area (Å²) in [5.74, 6) is -0.855. The fourth-order valence-corrected chi connectivity index (χ4v) is 7.67. The molecule has 10 heteroatoms. The molecule has 0 amide bonds. The predicted octanol–water partition coefficient (Wildman–Crippen LogP) is 14.4. The Labute approximate surface area is 382 Å². The molecule has 0 saturated carbocycles. The number of phosphoric acid groups is 1. The molecule has 362 valence electrons. The van der Waals surface area contributed by atoms with Crippen molar-refractivity contribution in [3.05, 3.63) is 48.6 Å². The summed E-state index contributed by atoms with van der Waals surface area (Å²) < 4.78 is 34.0. The molecule has 0 radical (unpaired) electrons. The quantitative estimate of drug-likeness (QED) is 0.0195. The minimum Gasteiger partial charge on any atom is -0.756 e. The molecule has 0 fully saturated rings. The molecule has 0 aliphatic carbocycles. The zero-order valence-electron chi connectivity index (χ0n) is 40.8. The minimum absolute atomic E-state index is 0.0351. The van der Waals surface area contributed by atoms with Crippen LogP contribution in [0, 0.1) is 0 Å². The van der Waals surface area contributed by atoms with Gasteiger partial charge in [0.15, 0.2) is 6.10 Å². The molecule has 62 heavy (non-hydrogen) atoms. The minimum atomic E-state index is -4.63. The lowest BCUT2D eigenvalue weighted by molar-refractivity contribution is -0.870. The van der Waals surface area contributed by atoms with E-state index >= 15 is 0 Å². The van der Waals surface area contributed by atoms with E-state index in [1.54, 1.807) is 0 Å². The highest BCUT2D eigenvalue weighted by atomic mass is 31.2. The fourth-order valence-electron chi connectivity index (χ4n) is 6.94. The van der Waals surface area contributed by atoms with Crippen LogP contribution in [0.2, 0.25) is 0 Å². The second-order valence-electron chi connectivity index (χ2n) is 18.2. The number of carbonyl (C=O) groups is 2. The maximum absolute atomic E-state index is 12.7. The highest BCUT2D eigenvalue weighted by Gasteiger charge is 2.21. The van der Waals surface area contributed by atoms with Gasteiger partial charge in [-0.3, -0.25) is 14.2 Å². The summed E-state index contributed by atoms with van der Waals surface area (Å²) in [6, 6.07) is 0. The molecule has 0 aromatic carbocycles.